The molecule has 1 N–H and O–H groups in total. The van der Waals surface area contributed by atoms with E-state index < -0.39 is 0 Å². The van der Waals surface area contributed by atoms with E-state index in [-0.39, 0.29) is 11.9 Å². The minimum absolute atomic E-state index is 0.00197. The van der Waals surface area contributed by atoms with Crippen molar-refractivity contribution in [3.05, 3.63) is 53.6 Å². The monoisotopic (exact) mass is 386 g/mol. The lowest BCUT2D eigenvalue weighted by Crippen LogP contribution is -2.43. The number of carbonyl (C=O) groups excluding carboxylic acids is 1. The van der Waals surface area contributed by atoms with Crippen molar-refractivity contribution in [3.8, 4) is 17.2 Å². The molecule has 2 aromatic carbocycles. The minimum Gasteiger partial charge on any atom is -0.497 e. The summed E-state index contributed by atoms with van der Waals surface area (Å²) in [5.74, 6) is 2.21. The van der Waals surface area contributed by atoms with Gasteiger partial charge in [-0.2, -0.15) is 0 Å². The van der Waals surface area contributed by atoms with Crippen LogP contribution in [0, 0.1) is 0 Å². The summed E-state index contributed by atoms with van der Waals surface area (Å²) in [7, 11) is 6.81. The van der Waals surface area contributed by atoms with E-state index in [1.54, 1.807) is 21.3 Å². The SMILES string of the molecule is COc1ccc(CCNC(=O)C(C)N(C)Cc2cccc(OC)c2OC)cc1. The lowest BCUT2D eigenvalue weighted by Gasteiger charge is -2.25. The first-order valence-corrected chi connectivity index (χ1v) is 9.30. The van der Waals surface area contributed by atoms with Crippen LogP contribution in [-0.4, -0.2) is 51.8 Å². The highest BCUT2D eigenvalue weighted by Crippen LogP contribution is 2.31. The lowest BCUT2D eigenvalue weighted by molar-refractivity contribution is -0.125. The van der Waals surface area contributed by atoms with Crippen molar-refractivity contribution in [3.63, 3.8) is 0 Å². The average molecular weight is 386 g/mol. The number of rotatable bonds is 10. The maximum atomic E-state index is 12.5. The van der Waals surface area contributed by atoms with E-state index in [1.807, 2.05) is 61.3 Å². The Bertz CT molecular complexity index is 762. The molecule has 0 aliphatic carbocycles. The zero-order valence-electron chi connectivity index (χ0n) is 17.3. The Hall–Kier alpha value is -2.73. The second-order valence-corrected chi connectivity index (χ2v) is 6.63. The van der Waals surface area contributed by atoms with Crippen molar-refractivity contribution in [2.24, 2.45) is 0 Å². The third kappa shape index (κ3) is 5.63. The highest BCUT2D eigenvalue weighted by atomic mass is 16.5. The van der Waals surface area contributed by atoms with Gasteiger partial charge in [-0.3, -0.25) is 9.69 Å². The molecule has 0 heterocycles. The molecular weight excluding hydrogens is 356 g/mol. The molecule has 2 aromatic rings. The van der Waals surface area contributed by atoms with Gasteiger partial charge in [0.15, 0.2) is 11.5 Å². The van der Waals surface area contributed by atoms with Gasteiger partial charge in [-0.05, 0) is 44.2 Å². The summed E-state index contributed by atoms with van der Waals surface area (Å²) in [6.07, 6.45) is 0.774. The van der Waals surface area contributed by atoms with Crippen molar-refractivity contribution in [1.82, 2.24) is 10.2 Å². The van der Waals surface area contributed by atoms with Gasteiger partial charge in [0, 0.05) is 18.7 Å². The molecule has 1 amide bonds. The van der Waals surface area contributed by atoms with E-state index in [0.717, 1.165) is 23.3 Å². The maximum Gasteiger partial charge on any atom is 0.237 e. The van der Waals surface area contributed by atoms with Crippen LogP contribution in [0.4, 0.5) is 0 Å². The summed E-state index contributed by atoms with van der Waals surface area (Å²) < 4.78 is 16.0. The first-order valence-electron chi connectivity index (χ1n) is 9.30. The van der Waals surface area contributed by atoms with Gasteiger partial charge in [0.25, 0.3) is 0 Å². The predicted molar refractivity (Wildman–Crippen MR) is 110 cm³/mol. The fourth-order valence-corrected chi connectivity index (χ4v) is 2.95. The Morgan fingerprint density at radius 1 is 1.04 bits per heavy atom. The van der Waals surface area contributed by atoms with Crippen molar-refractivity contribution in [2.75, 3.05) is 34.9 Å². The molecule has 0 fully saturated rings. The number of nitrogens with zero attached hydrogens (tertiary/aromatic N) is 1. The molecule has 2 rings (SSSR count). The van der Waals surface area contributed by atoms with Crippen LogP contribution in [0.5, 0.6) is 17.2 Å². The molecule has 0 saturated carbocycles. The number of amides is 1. The number of carbonyl (C=O) groups is 1. The van der Waals surface area contributed by atoms with Crippen LogP contribution in [0.2, 0.25) is 0 Å². The number of ether oxygens (including phenoxy) is 3. The quantitative estimate of drug-likeness (QED) is 0.680. The van der Waals surface area contributed by atoms with Gasteiger partial charge in [0.1, 0.15) is 5.75 Å². The predicted octanol–water partition coefficient (Wildman–Crippen LogP) is 2.89. The molecule has 0 radical (unpaired) electrons. The Labute approximate surface area is 167 Å². The van der Waals surface area contributed by atoms with Crippen LogP contribution in [0.15, 0.2) is 42.5 Å². The largest absolute Gasteiger partial charge is 0.497 e. The number of hydrogen-bond donors (Lipinski definition) is 1. The zero-order chi connectivity index (χ0) is 20.5. The topological polar surface area (TPSA) is 60.0 Å². The van der Waals surface area contributed by atoms with Gasteiger partial charge in [0.05, 0.1) is 27.4 Å². The molecule has 0 aliphatic heterocycles. The van der Waals surface area contributed by atoms with Gasteiger partial charge < -0.3 is 19.5 Å². The lowest BCUT2D eigenvalue weighted by atomic mass is 10.1. The molecule has 1 atom stereocenters. The number of nitrogens with one attached hydrogen (secondary N) is 1. The molecule has 0 bridgehead atoms. The molecular formula is C22H30N2O4. The van der Waals surface area contributed by atoms with Gasteiger partial charge in [-0.15, -0.1) is 0 Å². The van der Waals surface area contributed by atoms with Crippen molar-refractivity contribution < 1.29 is 19.0 Å². The molecule has 0 aliphatic rings. The normalized spacial score (nSPS) is 11.8. The Morgan fingerprint density at radius 2 is 1.75 bits per heavy atom. The van der Waals surface area contributed by atoms with Crippen LogP contribution < -0.4 is 19.5 Å². The van der Waals surface area contributed by atoms with Crippen LogP contribution in [0.1, 0.15) is 18.1 Å². The first-order chi connectivity index (χ1) is 13.5. The number of para-hydroxylation sites is 1. The zero-order valence-corrected chi connectivity index (χ0v) is 17.3. The van der Waals surface area contributed by atoms with Gasteiger partial charge in [-0.25, -0.2) is 0 Å². The standard InChI is InChI=1S/C22H30N2O4/c1-16(22(25)23-14-13-17-9-11-19(26-3)12-10-17)24(2)15-18-7-6-8-20(27-4)21(18)28-5/h6-12,16H,13-15H2,1-5H3,(H,23,25). The van der Waals surface area contributed by atoms with E-state index in [1.165, 1.54) is 0 Å². The first kappa shape index (κ1) is 21.6. The molecule has 28 heavy (non-hydrogen) atoms. The third-order valence-electron chi connectivity index (χ3n) is 4.82. The summed E-state index contributed by atoms with van der Waals surface area (Å²) in [5.41, 5.74) is 2.13. The smallest absolute Gasteiger partial charge is 0.237 e. The van der Waals surface area contributed by atoms with Crippen molar-refractivity contribution in [2.45, 2.75) is 25.9 Å². The molecule has 0 saturated heterocycles. The highest BCUT2D eigenvalue weighted by Gasteiger charge is 2.20. The number of benzene rings is 2. The molecule has 0 spiro atoms. The van der Waals surface area contributed by atoms with E-state index in [4.69, 9.17) is 14.2 Å². The van der Waals surface area contributed by atoms with Gasteiger partial charge in [-0.1, -0.05) is 24.3 Å². The average Bonchev–Trinajstić information content (AvgIpc) is 2.73. The van der Waals surface area contributed by atoms with E-state index in [9.17, 15) is 4.79 Å². The summed E-state index contributed by atoms with van der Waals surface area (Å²) >= 11 is 0. The second-order valence-electron chi connectivity index (χ2n) is 6.63. The number of methoxy groups -OCH3 is 3. The summed E-state index contributed by atoms with van der Waals surface area (Å²) in [6, 6.07) is 13.4. The maximum absolute atomic E-state index is 12.5. The van der Waals surface area contributed by atoms with E-state index >= 15 is 0 Å². The van der Waals surface area contributed by atoms with Crippen molar-refractivity contribution >= 4 is 5.91 Å². The second kappa shape index (κ2) is 10.6. The summed E-state index contributed by atoms with van der Waals surface area (Å²) in [5, 5.41) is 3.01. The third-order valence-corrected chi connectivity index (χ3v) is 4.82. The highest BCUT2D eigenvalue weighted by molar-refractivity contribution is 5.81. The Kier molecular flexibility index (Phi) is 8.14. The van der Waals surface area contributed by atoms with Crippen LogP contribution >= 0.6 is 0 Å². The molecule has 152 valence electrons. The molecule has 1 unspecified atom stereocenters. The van der Waals surface area contributed by atoms with Crippen LogP contribution in [0.3, 0.4) is 0 Å². The molecule has 6 nitrogen and oxygen atoms in total. The Balaban J connectivity index is 1.88. The van der Waals surface area contributed by atoms with E-state index in [2.05, 4.69) is 5.32 Å². The summed E-state index contributed by atoms with van der Waals surface area (Å²) in [4.78, 5) is 14.5. The molecule has 6 heteroatoms. The summed E-state index contributed by atoms with van der Waals surface area (Å²) in [6.45, 7) is 3.06. The van der Waals surface area contributed by atoms with Crippen LogP contribution in [0.25, 0.3) is 0 Å². The number of hydrogen-bond acceptors (Lipinski definition) is 5. The van der Waals surface area contributed by atoms with Gasteiger partial charge in [0.2, 0.25) is 5.91 Å². The van der Waals surface area contributed by atoms with Gasteiger partial charge >= 0.3 is 0 Å². The fraction of sp³-hybridized carbons (Fsp3) is 0.409. The fourth-order valence-electron chi connectivity index (χ4n) is 2.95. The Morgan fingerprint density at radius 3 is 2.36 bits per heavy atom. The minimum atomic E-state index is -0.272. The molecule has 0 aromatic heterocycles. The van der Waals surface area contributed by atoms with E-state index in [0.29, 0.717) is 24.6 Å². The number of likely N-dealkylation sites (N-methyl/N-ethyl adjacent to an activating group) is 1. The van der Waals surface area contributed by atoms with Crippen LogP contribution in [-0.2, 0) is 17.8 Å². The van der Waals surface area contributed by atoms with Crippen molar-refractivity contribution in [1.29, 1.82) is 0 Å².